The number of halogens is 1. The van der Waals surface area contributed by atoms with Gasteiger partial charge < -0.3 is 15.4 Å². The van der Waals surface area contributed by atoms with E-state index in [0.717, 1.165) is 4.47 Å². The first kappa shape index (κ1) is 17.7. The normalized spacial score (nSPS) is 11.0. The molecule has 21 heavy (non-hydrogen) atoms. The van der Waals surface area contributed by atoms with Gasteiger partial charge in [0.15, 0.2) is 0 Å². The van der Waals surface area contributed by atoms with E-state index in [1.165, 1.54) is 0 Å². The molecule has 0 aromatic heterocycles. The zero-order valence-corrected chi connectivity index (χ0v) is 14.1. The van der Waals surface area contributed by atoms with Gasteiger partial charge in [0.2, 0.25) is 11.8 Å². The number of rotatable bonds is 7. The van der Waals surface area contributed by atoms with Crippen LogP contribution in [0, 0.1) is 5.41 Å². The molecule has 0 saturated carbocycles. The first-order valence-electron chi connectivity index (χ1n) is 6.72. The Morgan fingerprint density at radius 2 is 1.81 bits per heavy atom. The van der Waals surface area contributed by atoms with Crippen molar-refractivity contribution < 1.29 is 14.3 Å². The molecule has 0 aliphatic carbocycles. The van der Waals surface area contributed by atoms with Crippen molar-refractivity contribution in [1.82, 2.24) is 5.32 Å². The Morgan fingerprint density at radius 1 is 1.19 bits per heavy atom. The molecular formula is C15H21BrN2O3. The van der Waals surface area contributed by atoms with Gasteiger partial charge in [-0.2, -0.15) is 0 Å². The molecular weight excluding hydrogens is 336 g/mol. The maximum atomic E-state index is 12.2. The summed E-state index contributed by atoms with van der Waals surface area (Å²) < 4.78 is 5.84. The lowest BCUT2D eigenvalue weighted by atomic mass is 9.91. The molecule has 116 valence electrons. The predicted octanol–water partition coefficient (Wildman–Crippen LogP) is 2.57. The van der Waals surface area contributed by atoms with E-state index in [1.807, 2.05) is 12.1 Å². The standard InChI is InChI=1S/C15H21BrN2O3/c1-15(2,13(19)17-9-4-10-21-3)14(20)18-12-7-5-11(16)6-8-12/h5-8H,4,9-10H2,1-3H3,(H,17,19)(H,18,20). The second-order valence-corrected chi connectivity index (χ2v) is 6.10. The minimum absolute atomic E-state index is 0.298. The fourth-order valence-corrected chi connectivity index (χ4v) is 1.83. The van der Waals surface area contributed by atoms with E-state index in [4.69, 9.17) is 4.74 Å². The molecule has 0 bridgehead atoms. The van der Waals surface area contributed by atoms with Crippen molar-refractivity contribution >= 4 is 33.4 Å². The maximum Gasteiger partial charge on any atom is 0.239 e. The Kier molecular flexibility index (Phi) is 6.84. The lowest BCUT2D eigenvalue weighted by molar-refractivity contribution is -0.138. The second kappa shape index (κ2) is 8.14. The van der Waals surface area contributed by atoms with Gasteiger partial charge in [-0.1, -0.05) is 15.9 Å². The van der Waals surface area contributed by atoms with Crippen LogP contribution in [0.25, 0.3) is 0 Å². The first-order valence-corrected chi connectivity index (χ1v) is 7.51. The lowest BCUT2D eigenvalue weighted by Gasteiger charge is -2.22. The molecule has 2 N–H and O–H groups in total. The van der Waals surface area contributed by atoms with Crippen molar-refractivity contribution in [3.05, 3.63) is 28.7 Å². The number of hydrogen-bond donors (Lipinski definition) is 2. The number of amides is 2. The van der Waals surface area contributed by atoms with Gasteiger partial charge in [-0.25, -0.2) is 0 Å². The van der Waals surface area contributed by atoms with Gasteiger partial charge in [-0.3, -0.25) is 9.59 Å². The molecule has 0 saturated heterocycles. The lowest BCUT2D eigenvalue weighted by Crippen LogP contribution is -2.45. The highest BCUT2D eigenvalue weighted by molar-refractivity contribution is 9.10. The number of anilines is 1. The molecule has 1 rings (SSSR count). The van der Waals surface area contributed by atoms with Crippen LogP contribution in [0.5, 0.6) is 0 Å². The van der Waals surface area contributed by atoms with E-state index in [2.05, 4.69) is 26.6 Å². The monoisotopic (exact) mass is 356 g/mol. The topological polar surface area (TPSA) is 67.4 Å². The summed E-state index contributed by atoms with van der Waals surface area (Å²) in [5, 5.41) is 5.49. The fourth-order valence-electron chi connectivity index (χ4n) is 1.56. The molecule has 1 aromatic carbocycles. The summed E-state index contributed by atoms with van der Waals surface area (Å²) in [4.78, 5) is 24.3. The number of nitrogens with one attached hydrogen (secondary N) is 2. The summed E-state index contributed by atoms with van der Waals surface area (Å²) in [7, 11) is 1.61. The average molecular weight is 357 g/mol. The van der Waals surface area contributed by atoms with Crippen molar-refractivity contribution in [2.24, 2.45) is 5.41 Å². The Bertz CT molecular complexity index is 486. The van der Waals surface area contributed by atoms with Gasteiger partial charge >= 0.3 is 0 Å². The van der Waals surface area contributed by atoms with Crippen molar-refractivity contribution in [2.75, 3.05) is 25.6 Å². The predicted molar refractivity (Wildman–Crippen MR) is 86.1 cm³/mol. The molecule has 0 aliphatic heterocycles. The van der Waals surface area contributed by atoms with E-state index in [1.54, 1.807) is 33.1 Å². The number of carbonyl (C=O) groups excluding carboxylic acids is 2. The van der Waals surface area contributed by atoms with Crippen molar-refractivity contribution in [2.45, 2.75) is 20.3 Å². The smallest absolute Gasteiger partial charge is 0.239 e. The van der Waals surface area contributed by atoms with Crippen LogP contribution < -0.4 is 10.6 Å². The van der Waals surface area contributed by atoms with Gasteiger partial charge in [0.05, 0.1) is 0 Å². The van der Waals surface area contributed by atoms with E-state index >= 15 is 0 Å². The van der Waals surface area contributed by atoms with Gasteiger partial charge in [-0.05, 0) is 44.5 Å². The minimum atomic E-state index is -1.14. The summed E-state index contributed by atoms with van der Waals surface area (Å²) in [6, 6.07) is 7.20. The Balaban J connectivity index is 2.57. The van der Waals surface area contributed by atoms with Crippen LogP contribution in [0.1, 0.15) is 20.3 Å². The Morgan fingerprint density at radius 3 is 2.38 bits per heavy atom. The molecule has 5 nitrogen and oxygen atoms in total. The molecule has 2 amide bonds. The minimum Gasteiger partial charge on any atom is -0.385 e. The van der Waals surface area contributed by atoms with Crippen molar-refractivity contribution in [3.63, 3.8) is 0 Å². The number of methoxy groups -OCH3 is 1. The van der Waals surface area contributed by atoms with E-state index in [9.17, 15) is 9.59 Å². The molecule has 6 heteroatoms. The van der Waals surface area contributed by atoms with Crippen LogP contribution in [0.2, 0.25) is 0 Å². The molecule has 0 aliphatic rings. The largest absolute Gasteiger partial charge is 0.385 e. The van der Waals surface area contributed by atoms with Crippen LogP contribution in [0.4, 0.5) is 5.69 Å². The highest BCUT2D eigenvalue weighted by Crippen LogP contribution is 2.20. The number of benzene rings is 1. The quantitative estimate of drug-likeness (QED) is 0.582. The fraction of sp³-hybridized carbons (Fsp3) is 0.467. The summed E-state index contributed by atoms with van der Waals surface area (Å²) in [5.74, 6) is -0.637. The highest BCUT2D eigenvalue weighted by Gasteiger charge is 2.35. The van der Waals surface area contributed by atoms with E-state index < -0.39 is 5.41 Å². The third-order valence-electron chi connectivity index (χ3n) is 3.05. The van der Waals surface area contributed by atoms with Crippen LogP contribution in [-0.4, -0.2) is 32.1 Å². The summed E-state index contributed by atoms with van der Waals surface area (Å²) in [6.07, 6.45) is 0.715. The third kappa shape index (κ3) is 5.47. The first-order chi connectivity index (χ1) is 9.87. The van der Waals surface area contributed by atoms with E-state index in [-0.39, 0.29) is 11.8 Å². The summed E-state index contributed by atoms with van der Waals surface area (Å²) in [5.41, 5.74) is -0.483. The van der Waals surface area contributed by atoms with Gasteiger partial charge in [0.1, 0.15) is 5.41 Å². The van der Waals surface area contributed by atoms with Crippen LogP contribution in [0.15, 0.2) is 28.7 Å². The molecule has 0 heterocycles. The molecule has 0 spiro atoms. The summed E-state index contributed by atoms with van der Waals surface area (Å²) >= 11 is 3.33. The van der Waals surface area contributed by atoms with Crippen LogP contribution >= 0.6 is 15.9 Å². The van der Waals surface area contributed by atoms with Crippen molar-refractivity contribution in [3.8, 4) is 0 Å². The average Bonchev–Trinajstić information content (AvgIpc) is 2.45. The zero-order chi connectivity index (χ0) is 15.9. The molecule has 0 atom stereocenters. The third-order valence-corrected chi connectivity index (χ3v) is 3.58. The SMILES string of the molecule is COCCCNC(=O)C(C)(C)C(=O)Nc1ccc(Br)cc1. The molecule has 0 unspecified atom stereocenters. The second-order valence-electron chi connectivity index (χ2n) is 5.19. The Labute approximate surface area is 133 Å². The Hall–Kier alpha value is -1.40. The number of ether oxygens (including phenoxy) is 1. The van der Waals surface area contributed by atoms with Crippen LogP contribution in [-0.2, 0) is 14.3 Å². The van der Waals surface area contributed by atoms with Gasteiger partial charge in [0.25, 0.3) is 0 Å². The molecule has 0 radical (unpaired) electrons. The number of hydrogen-bond acceptors (Lipinski definition) is 3. The highest BCUT2D eigenvalue weighted by atomic mass is 79.9. The van der Waals surface area contributed by atoms with E-state index in [0.29, 0.717) is 25.3 Å². The zero-order valence-electron chi connectivity index (χ0n) is 12.5. The van der Waals surface area contributed by atoms with Crippen molar-refractivity contribution in [1.29, 1.82) is 0 Å². The number of carbonyl (C=O) groups is 2. The van der Waals surface area contributed by atoms with Gasteiger partial charge in [0, 0.05) is 30.4 Å². The van der Waals surface area contributed by atoms with Crippen LogP contribution in [0.3, 0.4) is 0 Å². The summed E-state index contributed by atoms with van der Waals surface area (Å²) in [6.45, 7) is 4.27. The molecule has 0 fully saturated rings. The maximum absolute atomic E-state index is 12.2. The van der Waals surface area contributed by atoms with Gasteiger partial charge in [-0.15, -0.1) is 0 Å². The molecule has 1 aromatic rings.